The molecule has 4 aliphatic rings. The normalized spacial score (nSPS) is 25.5. The number of Topliss-reactive ketones (excluding diaryl/α,β-unsaturated/α-hetero) is 1. The van der Waals surface area contributed by atoms with E-state index in [9.17, 15) is 32.7 Å². The van der Waals surface area contributed by atoms with Gasteiger partial charge in [0.15, 0.2) is 5.78 Å². The minimum atomic E-state index is -3.83. The number of sulfonamides is 1. The maximum absolute atomic E-state index is 16.1. The molecule has 2 aliphatic carbocycles. The van der Waals surface area contributed by atoms with Crippen LogP contribution in [-0.2, 0) is 26.2 Å². The topological polar surface area (TPSA) is 191 Å². The number of carbonyl (C=O) groups is 4. The van der Waals surface area contributed by atoms with Crippen LogP contribution in [0, 0.1) is 11.7 Å². The van der Waals surface area contributed by atoms with Gasteiger partial charge in [-0.2, -0.15) is 0 Å². The van der Waals surface area contributed by atoms with E-state index in [-0.39, 0.29) is 53.8 Å². The van der Waals surface area contributed by atoms with Crippen molar-refractivity contribution in [2.75, 3.05) is 18.4 Å². The van der Waals surface area contributed by atoms with Crippen molar-refractivity contribution in [2.45, 2.75) is 67.9 Å². The molecule has 5 atom stereocenters. The van der Waals surface area contributed by atoms with E-state index in [1.807, 2.05) is 0 Å². The number of carboxylic acid groups (broad SMARTS) is 1. The van der Waals surface area contributed by atoms with E-state index >= 15 is 4.39 Å². The summed E-state index contributed by atoms with van der Waals surface area (Å²) in [5, 5.41) is 14.9. The van der Waals surface area contributed by atoms with E-state index in [2.05, 4.69) is 31.9 Å². The molecule has 14 nitrogen and oxygen atoms in total. The molecule has 1 aromatic carbocycles. The zero-order valence-electron chi connectivity index (χ0n) is 25.3. The third-order valence-electron chi connectivity index (χ3n) is 9.32. The largest absolute Gasteiger partial charge is 0.465 e. The molecule has 2 aliphatic heterocycles. The number of ketones is 1. The van der Waals surface area contributed by atoms with Gasteiger partial charge in [-0.25, -0.2) is 32.4 Å². The van der Waals surface area contributed by atoms with Crippen molar-refractivity contribution in [3.8, 4) is 0 Å². The van der Waals surface area contributed by atoms with Gasteiger partial charge in [-0.15, -0.1) is 6.58 Å². The van der Waals surface area contributed by atoms with Crippen molar-refractivity contribution in [1.82, 2.24) is 29.8 Å². The Morgan fingerprint density at radius 1 is 1.19 bits per heavy atom. The standard InChI is InChI=1S/C30H33ClFN7O7S/c1-3-17-12-30(17,26(41)37-47(45,46)18-4-5-18)36-28(42)38-11-9-16(13-38)19-6-7-20-21(23(19)32)14-39(29(43)44)24(20)25(40)15(2)34-22-8-10-33-27(31)35-22/h3,6-8,10,15-18,24H,1,4-5,9,11-14H2,2H3,(H,36,42)(H,37,41)(H,43,44)(H,33,34,35)/t15-,16?,17?,24?,30?/m1/s1. The molecule has 0 bridgehead atoms. The third kappa shape index (κ3) is 6.11. The highest BCUT2D eigenvalue weighted by molar-refractivity contribution is 7.91. The summed E-state index contributed by atoms with van der Waals surface area (Å²) in [6.07, 6.45) is 3.04. The molecule has 6 rings (SSSR count). The lowest BCUT2D eigenvalue weighted by Crippen LogP contribution is -2.55. The second-order valence-electron chi connectivity index (χ2n) is 12.4. The summed E-state index contributed by atoms with van der Waals surface area (Å²) >= 11 is 5.83. The Morgan fingerprint density at radius 3 is 2.55 bits per heavy atom. The number of halogens is 2. The molecule has 0 radical (unpaired) electrons. The Hall–Kier alpha value is -4.31. The van der Waals surface area contributed by atoms with E-state index in [0.717, 1.165) is 4.90 Å². The molecule has 250 valence electrons. The number of hydrogen-bond donors (Lipinski definition) is 4. The van der Waals surface area contributed by atoms with Crippen LogP contribution in [0.3, 0.4) is 0 Å². The zero-order valence-corrected chi connectivity index (χ0v) is 26.9. The first kappa shape index (κ1) is 32.6. The van der Waals surface area contributed by atoms with E-state index in [4.69, 9.17) is 11.6 Å². The lowest BCUT2D eigenvalue weighted by molar-refractivity contribution is -0.124. The Labute approximate surface area is 274 Å². The number of carbonyl (C=O) groups excluding carboxylic acids is 3. The van der Waals surface area contributed by atoms with Gasteiger partial charge in [0.05, 0.1) is 17.8 Å². The van der Waals surface area contributed by atoms with Gasteiger partial charge < -0.3 is 20.6 Å². The molecular weight excluding hydrogens is 657 g/mol. The maximum atomic E-state index is 16.1. The molecule has 1 saturated heterocycles. The van der Waals surface area contributed by atoms with Gasteiger partial charge in [-0.1, -0.05) is 18.2 Å². The molecule has 3 heterocycles. The van der Waals surface area contributed by atoms with Gasteiger partial charge in [0, 0.05) is 36.7 Å². The lowest BCUT2D eigenvalue weighted by atomic mass is 9.91. The number of anilines is 1. The summed E-state index contributed by atoms with van der Waals surface area (Å²) in [6.45, 7) is 5.23. The van der Waals surface area contributed by atoms with Crippen LogP contribution in [0.1, 0.15) is 61.3 Å². The second-order valence-corrected chi connectivity index (χ2v) is 14.7. The first-order valence-corrected chi connectivity index (χ1v) is 17.0. The number of likely N-dealkylation sites (tertiary alicyclic amines) is 1. The van der Waals surface area contributed by atoms with Gasteiger partial charge in [0.2, 0.25) is 15.3 Å². The summed E-state index contributed by atoms with van der Waals surface area (Å²) in [6, 6.07) is 1.80. The van der Waals surface area contributed by atoms with E-state index in [1.165, 1.54) is 36.2 Å². The molecule has 4 N–H and O–H groups in total. The number of nitrogens with one attached hydrogen (secondary N) is 3. The molecule has 0 spiro atoms. The van der Waals surface area contributed by atoms with Crippen LogP contribution in [0.4, 0.5) is 19.8 Å². The third-order valence-corrected chi connectivity index (χ3v) is 11.3. The number of nitrogens with zero attached hydrogens (tertiary/aromatic N) is 4. The Bertz CT molecular complexity index is 1790. The van der Waals surface area contributed by atoms with Crippen molar-refractivity contribution in [3.05, 3.63) is 64.8 Å². The number of urea groups is 1. The van der Waals surface area contributed by atoms with Crippen LogP contribution in [0.15, 0.2) is 37.1 Å². The van der Waals surface area contributed by atoms with Crippen molar-refractivity contribution in [2.24, 2.45) is 5.92 Å². The summed E-state index contributed by atoms with van der Waals surface area (Å²) in [4.78, 5) is 62.1. The van der Waals surface area contributed by atoms with Crippen molar-refractivity contribution >= 4 is 51.3 Å². The zero-order chi connectivity index (χ0) is 33.8. The fraction of sp³-hybridized carbons (Fsp3) is 0.467. The van der Waals surface area contributed by atoms with Crippen LogP contribution in [0.5, 0.6) is 0 Å². The quantitative estimate of drug-likeness (QED) is 0.213. The van der Waals surface area contributed by atoms with Gasteiger partial charge in [0.1, 0.15) is 23.2 Å². The maximum Gasteiger partial charge on any atom is 0.408 e. The first-order valence-electron chi connectivity index (χ1n) is 15.1. The molecule has 47 heavy (non-hydrogen) atoms. The van der Waals surface area contributed by atoms with E-state index in [1.54, 1.807) is 6.07 Å². The van der Waals surface area contributed by atoms with Gasteiger partial charge in [-0.05, 0) is 61.4 Å². The Kier molecular flexibility index (Phi) is 8.36. The van der Waals surface area contributed by atoms with Gasteiger partial charge >= 0.3 is 12.1 Å². The monoisotopic (exact) mass is 689 g/mol. The summed E-state index contributed by atoms with van der Waals surface area (Å²) in [5.41, 5.74) is -0.843. The predicted molar refractivity (Wildman–Crippen MR) is 166 cm³/mol. The number of rotatable bonds is 10. The van der Waals surface area contributed by atoms with Crippen LogP contribution < -0.4 is 15.4 Å². The second kappa shape index (κ2) is 12.0. The highest BCUT2D eigenvalue weighted by Gasteiger charge is 2.61. The fourth-order valence-corrected chi connectivity index (χ4v) is 7.94. The molecular formula is C30H33ClFN7O7S. The summed E-state index contributed by atoms with van der Waals surface area (Å²) in [7, 11) is -3.83. The van der Waals surface area contributed by atoms with Crippen molar-refractivity contribution < 1.29 is 37.1 Å². The number of hydrogen-bond acceptors (Lipinski definition) is 9. The smallest absolute Gasteiger partial charge is 0.408 e. The van der Waals surface area contributed by atoms with E-state index < -0.39 is 74.4 Å². The van der Waals surface area contributed by atoms with Crippen LogP contribution in [0.25, 0.3) is 0 Å². The Morgan fingerprint density at radius 2 is 1.91 bits per heavy atom. The molecule has 4 unspecified atom stereocenters. The van der Waals surface area contributed by atoms with E-state index in [0.29, 0.717) is 19.3 Å². The Balaban J connectivity index is 1.16. The van der Waals surface area contributed by atoms with Crippen LogP contribution >= 0.6 is 11.6 Å². The SMILES string of the molecule is C=CC1CC1(NC(=O)N1CCC(c2ccc3c(c2F)CN(C(=O)O)C3C(=O)[C@@H](C)Nc2ccnc(Cl)n2)C1)C(=O)NS(=O)(=O)C1CC1. The lowest BCUT2D eigenvalue weighted by Gasteiger charge is -2.24. The van der Waals surface area contributed by atoms with Crippen LogP contribution in [-0.4, -0.2) is 87.0 Å². The minimum absolute atomic E-state index is 0.0385. The highest BCUT2D eigenvalue weighted by atomic mass is 35.5. The average molecular weight is 690 g/mol. The average Bonchev–Trinajstić information content (AvgIpc) is 3.90. The molecule has 17 heteroatoms. The number of benzene rings is 1. The number of fused-ring (bicyclic) bond motifs is 1. The van der Waals surface area contributed by atoms with Crippen LogP contribution in [0.2, 0.25) is 5.28 Å². The van der Waals surface area contributed by atoms with Gasteiger partial charge in [-0.3, -0.25) is 19.2 Å². The molecule has 1 aromatic heterocycles. The summed E-state index contributed by atoms with van der Waals surface area (Å²) in [5.74, 6) is -2.60. The highest BCUT2D eigenvalue weighted by Crippen LogP contribution is 2.46. The molecule has 3 fully saturated rings. The number of aromatic nitrogens is 2. The molecule has 4 amide bonds. The minimum Gasteiger partial charge on any atom is -0.465 e. The molecule has 2 saturated carbocycles. The molecule has 2 aromatic rings. The van der Waals surface area contributed by atoms with Crippen molar-refractivity contribution in [1.29, 1.82) is 0 Å². The predicted octanol–water partition coefficient (Wildman–Crippen LogP) is 2.93. The fourth-order valence-electron chi connectivity index (χ4n) is 6.43. The first-order chi connectivity index (χ1) is 22.3. The van der Waals surface area contributed by atoms with Gasteiger partial charge in [0.25, 0.3) is 5.91 Å². The number of amides is 4. The summed E-state index contributed by atoms with van der Waals surface area (Å²) < 4.78 is 43.0. The van der Waals surface area contributed by atoms with Crippen molar-refractivity contribution in [3.63, 3.8) is 0 Å².